The van der Waals surface area contributed by atoms with Gasteiger partial charge in [0.05, 0.1) is 17.6 Å². The molecule has 1 spiro atoms. The Kier molecular flexibility index (Phi) is 3.70. The highest BCUT2D eigenvalue weighted by Crippen LogP contribution is 2.29. The predicted molar refractivity (Wildman–Crippen MR) is 106 cm³/mol. The molecular weight excluding hydrogens is 370 g/mol. The molecule has 0 radical (unpaired) electrons. The van der Waals surface area contributed by atoms with E-state index in [2.05, 4.69) is 10.3 Å². The van der Waals surface area contributed by atoms with Gasteiger partial charge in [-0.2, -0.15) is 0 Å². The molecule has 2 aliphatic rings. The van der Waals surface area contributed by atoms with Crippen molar-refractivity contribution in [2.45, 2.75) is 12.0 Å². The fraction of sp³-hybridized carbons (Fsp3) is 0.238. The van der Waals surface area contributed by atoms with Gasteiger partial charge < -0.3 is 10.2 Å². The van der Waals surface area contributed by atoms with Gasteiger partial charge >= 0.3 is 6.03 Å². The topological polar surface area (TPSA) is 87.5 Å². The number of aromatic nitrogens is 2. The summed E-state index contributed by atoms with van der Waals surface area (Å²) in [6.45, 7) is 0.612. The minimum absolute atomic E-state index is 0.152. The molecule has 2 aliphatic heterocycles. The molecule has 2 fully saturated rings. The van der Waals surface area contributed by atoms with Crippen LogP contribution >= 0.6 is 0 Å². The Hall–Kier alpha value is -3.68. The molecule has 1 atom stereocenters. The first-order chi connectivity index (χ1) is 14.0. The quantitative estimate of drug-likeness (QED) is 0.677. The largest absolute Gasteiger partial charge is 0.336 e. The number of urea groups is 1. The van der Waals surface area contributed by atoms with Gasteiger partial charge in [-0.15, -0.1) is 0 Å². The molecule has 8 nitrogen and oxygen atoms in total. The number of imidazole rings is 1. The van der Waals surface area contributed by atoms with Gasteiger partial charge in [-0.1, -0.05) is 12.1 Å². The number of carbonyl (C=O) groups excluding carboxylic acids is 3. The number of nitrogens with zero attached hydrogens (tertiary/aromatic N) is 4. The van der Waals surface area contributed by atoms with Crippen molar-refractivity contribution >= 4 is 28.9 Å². The number of rotatable bonds is 2. The van der Waals surface area contributed by atoms with Gasteiger partial charge in [0, 0.05) is 24.8 Å². The predicted octanol–water partition coefficient (Wildman–Crippen LogP) is 1.79. The normalized spacial score (nSPS) is 21.4. The summed E-state index contributed by atoms with van der Waals surface area (Å²) in [5, 5.41) is 2.74. The molecule has 146 valence electrons. The van der Waals surface area contributed by atoms with E-state index in [1.807, 2.05) is 41.0 Å². The van der Waals surface area contributed by atoms with Gasteiger partial charge in [0.2, 0.25) is 0 Å². The summed E-state index contributed by atoms with van der Waals surface area (Å²) < 4.78 is 1.97. The highest BCUT2D eigenvalue weighted by Gasteiger charge is 2.54. The molecule has 29 heavy (non-hydrogen) atoms. The molecule has 1 aromatic heterocycles. The SMILES string of the molecule is CN1C(=O)NC2(CCN(C(=O)c3ccc(-n4cnc5ccccc54)cc3)C2)C1=O. The Bertz CT molecular complexity index is 1150. The third-order valence-electron chi connectivity index (χ3n) is 5.77. The molecular formula is C21H19N5O3. The van der Waals surface area contributed by atoms with E-state index in [9.17, 15) is 14.4 Å². The summed E-state index contributed by atoms with van der Waals surface area (Å²) in [5.41, 5.74) is 2.36. The highest BCUT2D eigenvalue weighted by atomic mass is 16.2. The van der Waals surface area contributed by atoms with Crippen LogP contribution in [0.3, 0.4) is 0 Å². The Morgan fingerprint density at radius 3 is 2.59 bits per heavy atom. The molecule has 2 aromatic carbocycles. The zero-order valence-corrected chi connectivity index (χ0v) is 15.8. The van der Waals surface area contributed by atoms with Crippen LogP contribution in [0.1, 0.15) is 16.8 Å². The number of carbonyl (C=O) groups is 3. The van der Waals surface area contributed by atoms with Crippen molar-refractivity contribution in [2.24, 2.45) is 0 Å². The molecule has 3 heterocycles. The Morgan fingerprint density at radius 2 is 1.86 bits per heavy atom. The number of hydrogen-bond donors (Lipinski definition) is 1. The van der Waals surface area contributed by atoms with Crippen LogP contribution in [-0.4, -0.2) is 62.9 Å². The molecule has 4 amide bonds. The van der Waals surface area contributed by atoms with Gasteiger partial charge in [-0.05, 0) is 42.8 Å². The Balaban J connectivity index is 1.36. The average Bonchev–Trinajstić information content (AvgIpc) is 3.42. The lowest BCUT2D eigenvalue weighted by Crippen LogP contribution is -2.49. The van der Waals surface area contributed by atoms with E-state index >= 15 is 0 Å². The number of amides is 4. The first-order valence-corrected chi connectivity index (χ1v) is 9.41. The fourth-order valence-corrected chi connectivity index (χ4v) is 4.13. The standard InChI is InChI=1S/C21H19N5O3/c1-24-19(28)21(23-20(24)29)10-11-25(12-21)18(27)14-6-8-15(9-7-14)26-13-22-16-4-2-3-5-17(16)26/h2-9,13H,10-12H2,1H3,(H,23,29). The van der Waals surface area contributed by atoms with Gasteiger partial charge in [-0.3, -0.25) is 19.1 Å². The van der Waals surface area contributed by atoms with Gasteiger partial charge in [-0.25, -0.2) is 9.78 Å². The Labute approximate surface area is 166 Å². The van der Waals surface area contributed by atoms with Crippen molar-refractivity contribution in [1.29, 1.82) is 0 Å². The van der Waals surface area contributed by atoms with E-state index in [-0.39, 0.29) is 18.4 Å². The van der Waals surface area contributed by atoms with Gasteiger partial charge in [0.25, 0.3) is 11.8 Å². The average molecular weight is 389 g/mol. The van der Waals surface area contributed by atoms with Crippen LogP contribution in [0.25, 0.3) is 16.7 Å². The van der Waals surface area contributed by atoms with Crippen LogP contribution < -0.4 is 5.32 Å². The minimum Gasteiger partial charge on any atom is -0.336 e. The zero-order valence-electron chi connectivity index (χ0n) is 15.8. The molecule has 5 rings (SSSR count). The summed E-state index contributed by atoms with van der Waals surface area (Å²) in [4.78, 5) is 44.3. The van der Waals surface area contributed by atoms with E-state index in [1.165, 1.54) is 7.05 Å². The fourth-order valence-electron chi connectivity index (χ4n) is 4.13. The van der Waals surface area contributed by atoms with E-state index in [1.54, 1.807) is 23.4 Å². The summed E-state index contributed by atoms with van der Waals surface area (Å²) in [7, 11) is 1.45. The second-order valence-electron chi connectivity index (χ2n) is 7.50. The van der Waals surface area contributed by atoms with Crippen molar-refractivity contribution in [2.75, 3.05) is 20.1 Å². The van der Waals surface area contributed by atoms with Gasteiger partial charge in [0.15, 0.2) is 0 Å². The lowest BCUT2D eigenvalue weighted by molar-refractivity contribution is -0.129. The van der Waals surface area contributed by atoms with Crippen LogP contribution in [0, 0.1) is 0 Å². The van der Waals surface area contributed by atoms with E-state index < -0.39 is 11.6 Å². The van der Waals surface area contributed by atoms with E-state index in [0.29, 0.717) is 18.5 Å². The number of imide groups is 1. The minimum atomic E-state index is -0.989. The van der Waals surface area contributed by atoms with E-state index in [0.717, 1.165) is 21.6 Å². The smallest absolute Gasteiger partial charge is 0.324 e. The lowest BCUT2D eigenvalue weighted by atomic mass is 9.99. The molecule has 0 aliphatic carbocycles. The maximum absolute atomic E-state index is 12.9. The monoisotopic (exact) mass is 389 g/mol. The number of benzene rings is 2. The van der Waals surface area contributed by atoms with Crippen molar-refractivity contribution in [3.05, 3.63) is 60.4 Å². The number of hydrogen-bond acceptors (Lipinski definition) is 4. The molecule has 8 heteroatoms. The summed E-state index contributed by atoms with van der Waals surface area (Å²) >= 11 is 0. The Morgan fingerprint density at radius 1 is 1.10 bits per heavy atom. The summed E-state index contributed by atoms with van der Waals surface area (Å²) in [5.74, 6) is -0.430. The second kappa shape index (κ2) is 6.16. The van der Waals surface area contributed by atoms with Crippen molar-refractivity contribution in [1.82, 2.24) is 24.7 Å². The number of para-hydroxylation sites is 2. The maximum Gasteiger partial charge on any atom is 0.324 e. The van der Waals surface area contributed by atoms with Crippen molar-refractivity contribution < 1.29 is 14.4 Å². The van der Waals surface area contributed by atoms with Crippen LogP contribution in [0.15, 0.2) is 54.9 Å². The molecule has 0 saturated carbocycles. The lowest BCUT2D eigenvalue weighted by Gasteiger charge is -2.21. The number of fused-ring (bicyclic) bond motifs is 1. The first kappa shape index (κ1) is 17.4. The maximum atomic E-state index is 12.9. The first-order valence-electron chi connectivity index (χ1n) is 9.41. The van der Waals surface area contributed by atoms with E-state index in [4.69, 9.17) is 0 Å². The van der Waals surface area contributed by atoms with Crippen molar-refractivity contribution in [3.63, 3.8) is 0 Å². The second-order valence-corrected chi connectivity index (χ2v) is 7.50. The molecule has 3 aromatic rings. The number of likely N-dealkylation sites (N-methyl/N-ethyl adjacent to an activating group) is 1. The number of likely N-dealkylation sites (tertiary alicyclic amines) is 1. The van der Waals surface area contributed by atoms with Gasteiger partial charge in [0.1, 0.15) is 11.9 Å². The summed E-state index contributed by atoms with van der Waals surface area (Å²) in [6, 6.07) is 14.7. The van der Waals surface area contributed by atoms with Crippen LogP contribution in [0.4, 0.5) is 4.79 Å². The molecule has 0 bridgehead atoms. The third kappa shape index (κ3) is 2.60. The molecule has 1 N–H and O–H groups in total. The summed E-state index contributed by atoms with van der Waals surface area (Å²) in [6.07, 6.45) is 2.18. The molecule has 1 unspecified atom stereocenters. The van der Waals surface area contributed by atoms with Crippen LogP contribution in [0.5, 0.6) is 0 Å². The third-order valence-corrected chi connectivity index (χ3v) is 5.77. The van der Waals surface area contributed by atoms with Crippen LogP contribution in [-0.2, 0) is 4.79 Å². The number of nitrogens with one attached hydrogen (secondary N) is 1. The zero-order chi connectivity index (χ0) is 20.2. The van der Waals surface area contributed by atoms with Crippen LogP contribution in [0.2, 0.25) is 0 Å². The molecule has 2 saturated heterocycles. The van der Waals surface area contributed by atoms with Crippen molar-refractivity contribution in [3.8, 4) is 5.69 Å². The highest BCUT2D eigenvalue weighted by molar-refractivity contribution is 6.08.